The number of hydrogen-bond acceptors (Lipinski definition) is 3. The van der Waals surface area contributed by atoms with Gasteiger partial charge in [0.05, 0.1) is 26.4 Å². The Labute approximate surface area is 100 Å². The molecular weight excluding hydrogens is 204 g/mol. The minimum atomic E-state index is 0.0798. The first-order chi connectivity index (χ1) is 7.39. The molecule has 0 fully saturated rings. The van der Waals surface area contributed by atoms with Gasteiger partial charge in [-0.1, -0.05) is 27.7 Å². The van der Waals surface area contributed by atoms with Gasteiger partial charge in [-0.25, -0.2) is 0 Å². The highest BCUT2D eigenvalue weighted by atomic mass is 16.5. The standard InChI is InChI=1S/C13H28O3/c1-7-13(4,10-15-6)11-16-9-12(2,3)8-14-5/h7-11H2,1-6H3. The van der Waals surface area contributed by atoms with Gasteiger partial charge in [-0.15, -0.1) is 0 Å². The summed E-state index contributed by atoms with van der Waals surface area (Å²) in [4.78, 5) is 0. The molecule has 0 saturated carbocycles. The quantitative estimate of drug-likeness (QED) is 0.612. The topological polar surface area (TPSA) is 27.7 Å². The Morgan fingerprint density at radius 3 is 1.81 bits per heavy atom. The first-order valence-corrected chi connectivity index (χ1v) is 5.95. The first-order valence-electron chi connectivity index (χ1n) is 5.95. The predicted octanol–water partition coefficient (Wildman–Crippen LogP) is 2.74. The zero-order valence-corrected chi connectivity index (χ0v) is 11.8. The maximum absolute atomic E-state index is 5.80. The lowest BCUT2D eigenvalue weighted by Crippen LogP contribution is -2.32. The SMILES string of the molecule is CCC(C)(COC)COCC(C)(C)COC. The number of methoxy groups -OCH3 is 2. The van der Waals surface area contributed by atoms with Crippen LogP contribution in [0.3, 0.4) is 0 Å². The van der Waals surface area contributed by atoms with Crippen LogP contribution in [-0.2, 0) is 14.2 Å². The van der Waals surface area contributed by atoms with Crippen molar-refractivity contribution in [3.63, 3.8) is 0 Å². The van der Waals surface area contributed by atoms with Crippen molar-refractivity contribution >= 4 is 0 Å². The van der Waals surface area contributed by atoms with Gasteiger partial charge >= 0.3 is 0 Å². The smallest absolute Gasteiger partial charge is 0.0542 e. The predicted molar refractivity (Wildman–Crippen MR) is 66.8 cm³/mol. The monoisotopic (exact) mass is 232 g/mol. The molecule has 0 aliphatic heterocycles. The van der Waals surface area contributed by atoms with Crippen LogP contribution in [-0.4, -0.2) is 40.6 Å². The van der Waals surface area contributed by atoms with E-state index in [1.807, 2.05) is 0 Å². The highest BCUT2D eigenvalue weighted by Crippen LogP contribution is 2.23. The van der Waals surface area contributed by atoms with Crippen molar-refractivity contribution in [3.8, 4) is 0 Å². The van der Waals surface area contributed by atoms with E-state index in [0.29, 0.717) is 0 Å². The Bertz CT molecular complexity index is 180. The van der Waals surface area contributed by atoms with Gasteiger partial charge in [-0.2, -0.15) is 0 Å². The Hall–Kier alpha value is -0.120. The van der Waals surface area contributed by atoms with Gasteiger partial charge in [-0.05, 0) is 6.42 Å². The molecule has 0 aliphatic rings. The molecule has 3 heteroatoms. The number of ether oxygens (including phenoxy) is 3. The maximum atomic E-state index is 5.80. The van der Waals surface area contributed by atoms with Crippen LogP contribution >= 0.6 is 0 Å². The summed E-state index contributed by atoms with van der Waals surface area (Å²) in [5.41, 5.74) is 0.203. The summed E-state index contributed by atoms with van der Waals surface area (Å²) in [6.45, 7) is 11.6. The molecule has 0 amide bonds. The molecule has 0 rings (SSSR count). The average Bonchev–Trinajstić information content (AvgIpc) is 2.17. The van der Waals surface area contributed by atoms with Crippen molar-refractivity contribution in [2.75, 3.05) is 40.6 Å². The van der Waals surface area contributed by atoms with Gasteiger partial charge in [0.2, 0.25) is 0 Å². The van der Waals surface area contributed by atoms with Crippen LogP contribution in [0.25, 0.3) is 0 Å². The second kappa shape index (κ2) is 7.25. The largest absolute Gasteiger partial charge is 0.384 e. The van der Waals surface area contributed by atoms with Crippen molar-refractivity contribution in [2.45, 2.75) is 34.1 Å². The second-order valence-corrected chi connectivity index (χ2v) is 5.69. The second-order valence-electron chi connectivity index (χ2n) is 5.69. The van der Waals surface area contributed by atoms with Crippen molar-refractivity contribution in [2.24, 2.45) is 10.8 Å². The van der Waals surface area contributed by atoms with E-state index in [0.717, 1.165) is 32.8 Å². The van der Waals surface area contributed by atoms with Gasteiger partial charge in [0, 0.05) is 25.0 Å². The number of rotatable bonds is 9. The Balaban J connectivity index is 3.94. The molecule has 0 N–H and O–H groups in total. The van der Waals surface area contributed by atoms with E-state index in [1.165, 1.54) is 0 Å². The summed E-state index contributed by atoms with van der Waals surface area (Å²) in [6, 6.07) is 0. The molecule has 0 saturated heterocycles. The Morgan fingerprint density at radius 1 is 0.812 bits per heavy atom. The van der Waals surface area contributed by atoms with Crippen molar-refractivity contribution < 1.29 is 14.2 Å². The fraction of sp³-hybridized carbons (Fsp3) is 1.00. The lowest BCUT2D eigenvalue weighted by Gasteiger charge is -2.30. The van der Waals surface area contributed by atoms with E-state index < -0.39 is 0 Å². The Morgan fingerprint density at radius 2 is 1.38 bits per heavy atom. The summed E-state index contributed by atoms with van der Waals surface area (Å²) >= 11 is 0. The molecule has 3 nitrogen and oxygen atoms in total. The van der Waals surface area contributed by atoms with Crippen LogP contribution in [0.1, 0.15) is 34.1 Å². The number of hydrogen-bond donors (Lipinski definition) is 0. The van der Waals surface area contributed by atoms with Gasteiger partial charge in [0.25, 0.3) is 0 Å². The van der Waals surface area contributed by atoms with E-state index >= 15 is 0 Å². The minimum Gasteiger partial charge on any atom is -0.384 e. The highest BCUT2D eigenvalue weighted by molar-refractivity contribution is 4.73. The molecule has 1 atom stereocenters. The molecule has 16 heavy (non-hydrogen) atoms. The molecule has 1 unspecified atom stereocenters. The lowest BCUT2D eigenvalue weighted by molar-refractivity contribution is -0.0406. The summed E-state index contributed by atoms with van der Waals surface area (Å²) in [5, 5.41) is 0. The van der Waals surface area contributed by atoms with Crippen molar-refractivity contribution in [1.82, 2.24) is 0 Å². The normalized spacial score (nSPS) is 16.1. The van der Waals surface area contributed by atoms with E-state index in [2.05, 4.69) is 27.7 Å². The van der Waals surface area contributed by atoms with Gasteiger partial charge in [0.15, 0.2) is 0 Å². The van der Waals surface area contributed by atoms with E-state index in [1.54, 1.807) is 14.2 Å². The molecule has 0 heterocycles. The fourth-order valence-corrected chi connectivity index (χ4v) is 1.60. The summed E-state index contributed by atoms with van der Waals surface area (Å²) in [7, 11) is 3.46. The summed E-state index contributed by atoms with van der Waals surface area (Å²) in [5.74, 6) is 0. The molecule has 98 valence electrons. The van der Waals surface area contributed by atoms with Crippen molar-refractivity contribution in [3.05, 3.63) is 0 Å². The summed E-state index contributed by atoms with van der Waals surface area (Å²) in [6.07, 6.45) is 1.06. The zero-order chi connectivity index (χ0) is 12.7. The third kappa shape index (κ3) is 6.46. The molecule has 0 radical (unpaired) electrons. The van der Waals surface area contributed by atoms with E-state index in [9.17, 15) is 0 Å². The van der Waals surface area contributed by atoms with Crippen LogP contribution in [0.15, 0.2) is 0 Å². The van der Waals surface area contributed by atoms with Gasteiger partial charge < -0.3 is 14.2 Å². The van der Waals surface area contributed by atoms with E-state index in [-0.39, 0.29) is 10.8 Å². The van der Waals surface area contributed by atoms with Gasteiger partial charge in [0.1, 0.15) is 0 Å². The third-order valence-electron chi connectivity index (χ3n) is 2.82. The molecule has 0 aromatic rings. The molecule has 0 spiro atoms. The minimum absolute atomic E-state index is 0.0798. The first kappa shape index (κ1) is 15.9. The zero-order valence-electron chi connectivity index (χ0n) is 11.8. The molecule has 0 aromatic heterocycles. The van der Waals surface area contributed by atoms with Gasteiger partial charge in [-0.3, -0.25) is 0 Å². The molecule has 0 aromatic carbocycles. The van der Waals surface area contributed by atoms with Crippen LogP contribution in [0, 0.1) is 10.8 Å². The summed E-state index contributed by atoms with van der Waals surface area (Å²) < 4.78 is 16.2. The fourth-order valence-electron chi connectivity index (χ4n) is 1.60. The van der Waals surface area contributed by atoms with Crippen LogP contribution in [0.4, 0.5) is 0 Å². The third-order valence-corrected chi connectivity index (χ3v) is 2.82. The van der Waals surface area contributed by atoms with Crippen LogP contribution in [0.5, 0.6) is 0 Å². The van der Waals surface area contributed by atoms with Crippen molar-refractivity contribution in [1.29, 1.82) is 0 Å². The molecule has 0 bridgehead atoms. The highest BCUT2D eigenvalue weighted by Gasteiger charge is 2.24. The Kier molecular flexibility index (Phi) is 7.20. The molecule has 0 aliphatic carbocycles. The lowest BCUT2D eigenvalue weighted by atomic mass is 9.89. The van der Waals surface area contributed by atoms with Crippen LogP contribution < -0.4 is 0 Å². The average molecular weight is 232 g/mol. The molecular formula is C13H28O3. The van der Waals surface area contributed by atoms with E-state index in [4.69, 9.17) is 14.2 Å². The van der Waals surface area contributed by atoms with Crippen LogP contribution in [0.2, 0.25) is 0 Å². The maximum Gasteiger partial charge on any atom is 0.0542 e.